The molecule has 0 atom stereocenters. The number of hydrogen-bond donors (Lipinski definition) is 1. The highest BCUT2D eigenvalue weighted by Gasteiger charge is 2.32. The summed E-state index contributed by atoms with van der Waals surface area (Å²) in [6.45, 7) is 8.03. The summed E-state index contributed by atoms with van der Waals surface area (Å²) in [7, 11) is 0. The largest absolute Gasteiger partial charge is 0.385 e. The van der Waals surface area contributed by atoms with Crippen LogP contribution >= 0.6 is 0 Å². The Morgan fingerprint density at radius 2 is 2.11 bits per heavy atom. The first kappa shape index (κ1) is 13.9. The molecule has 3 heteroatoms. The molecule has 1 aromatic rings. The van der Waals surface area contributed by atoms with Crippen LogP contribution in [0.5, 0.6) is 0 Å². The van der Waals surface area contributed by atoms with Gasteiger partial charge in [-0.15, -0.1) is 0 Å². The average Bonchev–Trinajstić information content (AvgIpc) is 3.22. The molecule has 1 N–H and O–H groups in total. The summed E-state index contributed by atoms with van der Waals surface area (Å²) in [5, 5.41) is 3.31. The first-order valence-corrected chi connectivity index (χ1v) is 7.32. The van der Waals surface area contributed by atoms with Gasteiger partial charge in [0.1, 0.15) is 0 Å². The molecule has 1 aliphatic carbocycles. The van der Waals surface area contributed by atoms with E-state index in [1.54, 1.807) is 0 Å². The number of nitrogens with zero attached hydrogens (tertiary/aromatic N) is 1. The van der Waals surface area contributed by atoms with Crippen molar-refractivity contribution < 1.29 is 4.79 Å². The SMILES string of the molecule is CCCN(C(=O)c1ccc(NCC)c(C)c1)C1CC1. The van der Waals surface area contributed by atoms with Crippen LogP contribution in [0.3, 0.4) is 0 Å². The molecule has 0 spiro atoms. The van der Waals surface area contributed by atoms with Crippen LogP contribution in [0.15, 0.2) is 18.2 Å². The Bertz CT molecular complexity index is 452. The molecule has 0 aromatic heterocycles. The van der Waals surface area contributed by atoms with Gasteiger partial charge in [0.2, 0.25) is 0 Å². The molecule has 3 nitrogen and oxygen atoms in total. The third-order valence-electron chi connectivity index (χ3n) is 3.55. The Morgan fingerprint density at radius 3 is 2.63 bits per heavy atom. The zero-order valence-electron chi connectivity index (χ0n) is 12.2. The Morgan fingerprint density at radius 1 is 1.37 bits per heavy atom. The molecule has 0 unspecified atom stereocenters. The van der Waals surface area contributed by atoms with Gasteiger partial charge in [-0.3, -0.25) is 4.79 Å². The van der Waals surface area contributed by atoms with Crippen LogP contribution in [0.25, 0.3) is 0 Å². The van der Waals surface area contributed by atoms with Crippen molar-refractivity contribution in [2.45, 2.75) is 46.1 Å². The molecule has 19 heavy (non-hydrogen) atoms. The van der Waals surface area contributed by atoms with Gasteiger partial charge in [-0.2, -0.15) is 0 Å². The van der Waals surface area contributed by atoms with Gasteiger partial charge in [-0.25, -0.2) is 0 Å². The summed E-state index contributed by atoms with van der Waals surface area (Å²) in [6.07, 6.45) is 3.36. The molecular formula is C16H24N2O. The summed E-state index contributed by atoms with van der Waals surface area (Å²) < 4.78 is 0. The lowest BCUT2D eigenvalue weighted by Gasteiger charge is -2.22. The molecule has 1 aliphatic rings. The lowest BCUT2D eigenvalue weighted by atomic mass is 10.1. The van der Waals surface area contributed by atoms with Gasteiger partial charge in [-0.1, -0.05) is 6.92 Å². The fourth-order valence-electron chi connectivity index (χ4n) is 2.43. The van der Waals surface area contributed by atoms with E-state index < -0.39 is 0 Å². The highest BCUT2D eigenvalue weighted by molar-refractivity contribution is 5.95. The molecule has 104 valence electrons. The van der Waals surface area contributed by atoms with Crippen LogP contribution in [-0.2, 0) is 0 Å². The number of carbonyl (C=O) groups is 1. The maximum atomic E-state index is 12.5. The highest BCUT2D eigenvalue weighted by Crippen LogP contribution is 2.29. The van der Waals surface area contributed by atoms with Crippen LogP contribution in [-0.4, -0.2) is 29.9 Å². The molecule has 0 saturated heterocycles. The second kappa shape index (κ2) is 6.09. The van der Waals surface area contributed by atoms with Gasteiger partial charge in [0.05, 0.1) is 0 Å². The molecule has 1 aromatic carbocycles. The van der Waals surface area contributed by atoms with Crippen LogP contribution in [0, 0.1) is 6.92 Å². The first-order valence-electron chi connectivity index (χ1n) is 7.32. The van der Waals surface area contributed by atoms with E-state index in [0.29, 0.717) is 6.04 Å². The van der Waals surface area contributed by atoms with E-state index in [4.69, 9.17) is 0 Å². The number of hydrogen-bond acceptors (Lipinski definition) is 2. The Labute approximate surface area is 116 Å². The van der Waals surface area contributed by atoms with E-state index >= 15 is 0 Å². The zero-order chi connectivity index (χ0) is 13.8. The standard InChI is InChI=1S/C16H24N2O/c1-4-10-18(14-7-8-14)16(19)13-6-9-15(17-5-2)12(3)11-13/h6,9,11,14,17H,4-5,7-8,10H2,1-3H3. The number of amides is 1. The third kappa shape index (κ3) is 3.28. The van der Waals surface area contributed by atoms with Crippen LogP contribution < -0.4 is 5.32 Å². The van der Waals surface area contributed by atoms with E-state index in [9.17, 15) is 4.79 Å². The molecule has 2 rings (SSSR count). The van der Waals surface area contributed by atoms with Crippen LogP contribution in [0.1, 0.15) is 49.0 Å². The van der Waals surface area contributed by atoms with Crippen molar-refractivity contribution in [1.29, 1.82) is 0 Å². The van der Waals surface area contributed by atoms with E-state index in [-0.39, 0.29) is 5.91 Å². The van der Waals surface area contributed by atoms with Crippen molar-refractivity contribution in [3.63, 3.8) is 0 Å². The fraction of sp³-hybridized carbons (Fsp3) is 0.562. The maximum Gasteiger partial charge on any atom is 0.254 e. The number of carbonyl (C=O) groups excluding carboxylic acids is 1. The molecule has 0 heterocycles. The molecule has 0 bridgehead atoms. The molecule has 0 radical (unpaired) electrons. The molecule has 1 fully saturated rings. The third-order valence-corrected chi connectivity index (χ3v) is 3.55. The number of anilines is 1. The Balaban J connectivity index is 2.15. The number of benzene rings is 1. The normalized spacial score (nSPS) is 14.3. The first-order chi connectivity index (χ1) is 9.17. The zero-order valence-corrected chi connectivity index (χ0v) is 12.2. The van der Waals surface area contributed by atoms with Crippen molar-refractivity contribution in [1.82, 2.24) is 4.90 Å². The van der Waals surface area contributed by atoms with Gasteiger partial charge in [0, 0.05) is 30.4 Å². The van der Waals surface area contributed by atoms with E-state index in [0.717, 1.165) is 36.3 Å². The van der Waals surface area contributed by atoms with Crippen LogP contribution in [0.2, 0.25) is 0 Å². The quantitative estimate of drug-likeness (QED) is 0.849. The summed E-state index contributed by atoms with van der Waals surface area (Å²) in [4.78, 5) is 14.6. The summed E-state index contributed by atoms with van der Waals surface area (Å²) in [5.41, 5.74) is 3.08. The fourth-order valence-corrected chi connectivity index (χ4v) is 2.43. The number of nitrogens with one attached hydrogen (secondary N) is 1. The van der Waals surface area contributed by atoms with Gasteiger partial charge in [0.25, 0.3) is 5.91 Å². The Kier molecular flexibility index (Phi) is 4.46. The molecular weight excluding hydrogens is 236 g/mol. The minimum atomic E-state index is 0.190. The minimum absolute atomic E-state index is 0.190. The van der Waals surface area contributed by atoms with Gasteiger partial charge >= 0.3 is 0 Å². The van der Waals surface area contributed by atoms with Crippen molar-refractivity contribution >= 4 is 11.6 Å². The average molecular weight is 260 g/mol. The summed E-state index contributed by atoms with van der Waals surface area (Å²) in [5.74, 6) is 0.190. The van der Waals surface area contributed by atoms with E-state index in [1.165, 1.54) is 12.8 Å². The van der Waals surface area contributed by atoms with Gasteiger partial charge in [0.15, 0.2) is 0 Å². The van der Waals surface area contributed by atoms with Crippen molar-refractivity contribution in [3.05, 3.63) is 29.3 Å². The molecule has 0 aliphatic heterocycles. The second-order valence-electron chi connectivity index (χ2n) is 5.29. The monoisotopic (exact) mass is 260 g/mol. The van der Waals surface area contributed by atoms with E-state index in [1.807, 2.05) is 23.1 Å². The topological polar surface area (TPSA) is 32.3 Å². The lowest BCUT2D eigenvalue weighted by molar-refractivity contribution is 0.0743. The Hall–Kier alpha value is -1.51. The maximum absolute atomic E-state index is 12.5. The van der Waals surface area contributed by atoms with Crippen molar-refractivity contribution in [2.75, 3.05) is 18.4 Å². The smallest absolute Gasteiger partial charge is 0.254 e. The summed E-state index contributed by atoms with van der Waals surface area (Å²) in [6, 6.07) is 6.45. The van der Waals surface area contributed by atoms with E-state index in [2.05, 4.69) is 26.1 Å². The van der Waals surface area contributed by atoms with Gasteiger partial charge < -0.3 is 10.2 Å². The predicted octanol–water partition coefficient (Wildman–Crippen LogP) is 3.44. The number of aryl methyl sites for hydroxylation is 1. The second-order valence-corrected chi connectivity index (χ2v) is 5.29. The van der Waals surface area contributed by atoms with Crippen molar-refractivity contribution in [3.8, 4) is 0 Å². The van der Waals surface area contributed by atoms with Gasteiger partial charge in [-0.05, 0) is 56.9 Å². The summed E-state index contributed by atoms with van der Waals surface area (Å²) >= 11 is 0. The predicted molar refractivity (Wildman–Crippen MR) is 79.7 cm³/mol. The van der Waals surface area contributed by atoms with Crippen LogP contribution in [0.4, 0.5) is 5.69 Å². The number of rotatable bonds is 6. The van der Waals surface area contributed by atoms with Crippen molar-refractivity contribution in [2.24, 2.45) is 0 Å². The highest BCUT2D eigenvalue weighted by atomic mass is 16.2. The molecule has 1 amide bonds. The molecule has 1 saturated carbocycles. The lowest BCUT2D eigenvalue weighted by Crippen LogP contribution is -2.33. The minimum Gasteiger partial charge on any atom is -0.385 e.